The summed E-state index contributed by atoms with van der Waals surface area (Å²) < 4.78 is 28.1. The van der Waals surface area contributed by atoms with Gasteiger partial charge in [0.15, 0.2) is 0 Å². The van der Waals surface area contributed by atoms with Crippen molar-refractivity contribution in [3.8, 4) is 6.07 Å². The summed E-state index contributed by atoms with van der Waals surface area (Å²) in [7, 11) is -1.94. The van der Waals surface area contributed by atoms with Crippen molar-refractivity contribution >= 4 is 10.2 Å². The SMILES string of the molecule is CCCCN1CCC(NS(=O)(=O)N(C)CCC#N)CC1. The first kappa shape index (κ1) is 17.4. The smallest absolute Gasteiger partial charge is 0.279 e. The molecule has 1 fully saturated rings. The van der Waals surface area contributed by atoms with Crippen molar-refractivity contribution in [1.29, 1.82) is 5.26 Å². The summed E-state index contributed by atoms with van der Waals surface area (Å²) in [6, 6.07) is 1.98. The summed E-state index contributed by atoms with van der Waals surface area (Å²) in [6.45, 7) is 5.43. The van der Waals surface area contributed by atoms with Crippen LogP contribution in [0.15, 0.2) is 0 Å². The number of nitrogens with one attached hydrogen (secondary N) is 1. The Kier molecular flexibility index (Phi) is 7.45. The zero-order chi connectivity index (χ0) is 15.0. The van der Waals surface area contributed by atoms with E-state index in [1.807, 2.05) is 6.07 Å². The number of piperidine rings is 1. The van der Waals surface area contributed by atoms with E-state index < -0.39 is 10.2 Å². The molecule has 1 N–H and O–H groups in total. The van der Waals surface area contributed by atoms with Crippen LogP contribution in [0.2, 0.25) is 0 Å². The van der Waals surface area contributed by atoms with Crippen LogP contribution in [0.5, 0.6) is 0 Å². The minimum absolute atomic E-state index is 0.0161. The topological polar surface area (TPSA) is 76.4 Å². The maximum absolute atomic E-state index is 12.0. The van der Waals surface area contributed by atoms with Gasteiger partial charge in [-0.25, -0.2) is 0 Å². The van der Waals surface area contributed by atoms with E-state index >= 15 is 0 Å². The number of hydrogen-bond acceptors (Lipinski definition) is 4. The molecule has 6 nitrogen and oxygen atoms in total. The van der Waals surface area contributed by atoms with Gasteiger partial charge in [-0.15, -0.1) is 0 Å². The van der Waals surface area contributed by atoms with E-state index in [0.717, 1.165) is 32.5 Å². The maximum atomic E-state index is 12.0. The number of hydrogen-bond donors (Lipinski definition) is 1. The Morgan fingerprint density at radius 1 is 1.40 bits per heavy atom. The molecular formula is C13H26N4O2S. The van der Waals surface area contributed by atoms with E-state index in [9.17, 15) is 8.42 Å². The minimum atomic E-state index is -3.45. The summed E-state index contributed by atoms with van der Waals surface area (Å²) in [4.78, 5) is 2.40. The molecule has 0 aliphatic carbocycles. The highest BCUT2D eigenvalue weighted by atomic mass is 32.2. The van der Waals surface area contributed by atoms with E-state index in [2.05, 4.69) is 16.5 Å². The molecule has 0 aromatic heterocycles. The fraction of sp³-hybridized carbons (Fsp3) is 0.923. The van der Waals surface area contributed by atoms with Crippen LogP contribution in [-0.4, -0.2) is 56.9 Å². The first-order valence-electron chi connectivity index (χ1n) is 7.32. The van der Waals surface area contributed by atoms with Crippen LogP contribution in [0, 0.1) is 11.3 Å². The summed E-state index contributed by atoms with van der Waals surface area (Å²) in [6.07, 6.45) is 4.32. The summed E-state index contributed by atoms with van der Waals surface area (Å²) in [5.41, 5.74) is 0. The number of likely N-dealkylation sites (tertiary alicyclic amines) is 1. The van der Waals surface area contributed by atoms with Gasteiger partial charge in [-0.1, -0.05) is 13.3 Å². The van der Waals surface area contributed by atoms with Gasteiger partial charge < -0.3 is 4.90 Å². The molecule has 116 valence electrons. The fourth-order valence-corrected chi connectivity index (χ4v) is 3.45. The van der Waals surface area contributed by atoms with Gasteiger partial charge in [0.05, 0.1) is 6.07 Å². The van der Waals surface area contributed by atoms with Crippen molar-refractivity contribution in [2.45, 2.75) is 45.1 Å². The predicted molar refractivity (Wildman–Crippen MR) is 79.3 cm³/mol. The number of rotatable bonds is 8. The molecule has 1 aliphatic rings. The fourth-order valence-electron chi connectivity index (χ4n) is 2.28. The molecule has 0 aromatic carbocycles. The van der Waals surface area contributed by atoms with Crippen molar-refractivity contribution in [3.63, 3.8) is 0 Å². The monoisotopic (exact) mass is 302 g/mol. The zero-order valence-electron chi connectivity index (χ0n) is 12.5. The van der Waals surface area contributed by atoms with Crippen molar-refractivity contribution in [2.75, 3.05) is 33.2 Å². The van der Waals surface area contributed by atoms with Crippen LogP contribution in [0.3, 0.4) is 0 Å². The standard InChI is InChI=1S/C13H26N4O2S/c1-3-4-10-17-11-6-13(7-12-17)15-20(18,19)16(2)9-5-8-14/h13,15H,3-7,9-12H2,1-2H3. The summed E-state index contributed by atoms with van der Waals surface area (Å²) in [5.74, 6) is 0. The molecule has 0 unspecified atom stereocenters. The Labute approximate surface area is 122 Å². The van der Waals surface area contributed by atoms with Crippen LogP contribution in [0.25, 0.3) is 0 Å². The second kappa shape index (κ2) is 8.57. The molecule has 0 spiro atoms. The molecule has 1 saturated heterocycles. The molecule has 20 heavy (non-hydrogen) atoms. The Morgan fingerprint density at radius 3 is 2.60 bits per heavy atom. The van der Waals surface area contributed by atoms with Gasteiger partial charge >= 0.3 is 0 Å². The quantitative estimate of drug-likeness (QED) is 0.723. The lowest BCUT2D eigenvalue weighted by atomic mass is 10.1. The Balaban J connectivity index is 2.37. The lowest BCUT2D eigenvalue weighted by Crippen LogP contribution is -2.48. The van der Waals surface area contributed by atoms with Crippen LogP contribution >= 0.6 is 0 Å². The average molecular weight is 302 g/mol. The van der Waals surface area contributed by atoms with Gasteiger partial charge in [0.1, 0.15) is 0 Å². The van der Waals surface area contributed by atoms with Crippen LogP contribution < -0.4 is 4.72 Å². The minimum Gasteiger partial charge on any atom is -0.303 e. The molecule has 0 aromatic rings. The van der Waals surface area contributed by atoms with Gasteiger partial charge in [-0.3, -0.25) is 0 Å². The third kappa shape index (κ3) is 5.75. The third-order valence-electron chi connectivity index (χ3n) is 3.68. The normalized spacial score (nSPS) is 18.3. The molecular weight excluding hydrogens is 276 g/mol. The molecule has 0 amide bonds. The van der Waals surface area contributed by atoms with E-state index in [4.69, 9.17) is 5.26 Å². The van der Waals surface area contributed by atoms with Crippen molar-refractivity contribution in [3.05, 3.63) is 0 Å². The van der Waals surface area contributed by atoms with Crippen LogP contribution in [0.4, 0.5) is 0 Å². The van der Waals surface area contributed by atoms with E-state index in [1.165, 1.54) is 24.2 Å². The Morgan fingerprint density at radius 2 is 2.05 bits per heavy atom. The highest BCUT2D eigenvalue weighted by molar-refractivity contribution is 7.87. The molecule has 0 saturated carbocycles. The van der Waals surface area contributed by atoms with E-state index in [-0.39, 0.29) is 19.0 Å². The van der Waals surface area contributed by atoms with E-state index in [1.54, 1.807) is 0 Å². The summed E-state index contributed by atoms with van der Waals surface area (Å²) >= 11 is 0. The molecule has 1 aliphatic heterocycles. The molecule has 0 radical (unpaired) electrons. The molecule has 1 heterocycles. The van der Waals surface area contributed by atoms with Crippen LogP contribution in [-0.2, 0) is 10.2 Å². The first-order chi connectivity index (χ1) is 9.49. The predicted octanol–water partition coefficient (Wildman–Crippen LogP) is 0.931. The molecule has 7 heteroatoms. The average Bonchev–Trinajstić information content (AvgIpc) is 2.43. The van der Waals surface area contributed by atoms with Gasteiger partial charge in [-0.2, -0.15) is 22.7 Å². The molecule has 0 atom stereocenters. The van der Waals surface area contributed by atoms with Gasteiger partial charge in [0, 0.05) is 26.1 Å². The van der Waals surface area contributed by atoms with E-state index in [0.29, 0.717) is 0 Å². The molecule has 0 bridgehead atoms. The maximum Gasteiger partial charge on any atom is 0.279 e. The van der Waals surface area contributed by atoms with Crippen LogP contribution in [0.1, 0.15) is 39.0 Å². The Hall–Kier alpha value is -0.680. The lowest BCUT2D eigenvalue weighted by Gasteiger charge is -2.32. The highest BCUT2D eigenvalue weighted by Gasteiger charge is 2.25. The zero-order valence-corrected chi connectivity index (χ0v) is 13.3. The van der Waals surface area contributed by atoms with Gasteiger partial charge in [0.25, 0.3) is 10.2 Å². The first-order valence-corrected chi connectivity index (χ1v) is 8.76. The van der Waals surface area contributed by atoms with Gasteiger partial charge in [0.2, 0.25) is 0 Å². The number of nitriles is 1. The van der Waals surface area contributed by atoms with Crippen molar-refractivity contribution in [1.82, 2.24) is 13.9 Å². The Bertz CT molecular complexity index is 411. The number of nitrogens with zero attached hydrogens (tertiary/aromatic N) is 3. The van der Waals surface area contributed by atoms with Gasteiger partial charge in [-0.05, 0) is 38.9 Å². The largest absolute Gasteiger partial charge is 0.303 e. The highest BCUT2D eigenvalue weighted by Crippen LogP contribution is 2.12. The lowest BCUT2D eigenvalue weighted by molar-refractivity contribution is 0.204. The third-order valence-corrected chi connectivity index (χ3v) is 5.31. The second-order valence-corrected chi connectivity index (χ2v) is 7.13. The molecule has 1 rings (SSSR count). The summed E-state index contributed by atoms with van der Waals surface area (Å²) in [5, 5.41) is 8.50. The number of unbranched alkanes of at least 4 members (excludes halogenated alkanes) is 1. The second-order valence-electron chi connectivity index (χ2n) is 5.32. The van der Waals surface area contributed by atoms with Crippen molar-refractivity contribution in [2.24, 2.45) is 0 Å². The van der Waals surface area contributed by atoms with Crippen molar-refractivity contribution < 1.29 is 8.42 Å².